The second-order valence-corrected chi connectivity index (χ2v) is 4.83. The molecule has 0 aliphatic heterocycles. The first kappa shape index (κ1) is 15.0. The number of aliphatic hydroxyl groups excluding tert-OH is 1. The van der Waals surface area contributed by atoms with Crippen LogP contribution in [-0.2, 0) is 4.74 Å². The highest BCUT2D eigenvalue weighted by Crippen LogP contribution is 2.34. The first-order valence-electron chi connectivity index (χ1n) is 6.56. The topological polar surface area (TPSA) is 38.7 Å². The normalized spacial score (nSPS) is 13.4. The fourth-order valence-electron chi connectivity index (χ4n) is 1.88. The Morgan fingerprint density at radius 3 is 2.50 bits per heavy atom. The average molecular weight is 252 g/mol. The maximum atomic E-state index is 10.5. The van der Waals surface area contributed by atoms with Gasteiger partial charge in [-0.2, -0.15) is 0 Å². The van der Waals surface area contributed by atoms with Crippen LogP contribution in [0.3, 0.4) is 0 Å². The summed E-state index contributed by atoms with van der Waals surface area (Å²) in [6.07, 6.45) is 0.240. The third kappa shape index (κ3) is 3.72. The third-order valence-electron chi connectivity index (χ3n) is 2.85. The molecule has 1 N–H and O–H groups in total. The number of benzene rings is 1. The molecule has 0 bridgehead atoms. The summed E-state index contributed by atoms with van der Waals surface area (Å²) in [5.41, 5.74) is 0.157. The number of ether oxygens (including phenoxy) is 2. The van der Waals surface area contributed by atoms with E-state index < -0.39 is 11.7 Å². The van der Waals surface area contributed by atoms with Crippen LogP contribution in [0.1, 0.15) is 45.8 Å². The molecule has 0 spiro atoms. The minimum absolute atomic E-state index is 0.571. The number of para-hydroxylation sites is 1. The first-order valence-corrected chi connectivity index (χ1v) is 6.56. The summed E-state index contributed by atoms with van der Waals surface area (Å²) in [6, 6.07) is 7.58. The van der Waals surface area contributed by atoms with Gasteiger partial charge in [-0.25, -0.2) is 0 Å². The van der Waals surface area contributed by atoms with Crippen molar-refractivity contribution in [2.45, 2.75) is 45.8 Å². The van der Waals surface area contributed by atoms with Crippen molar-refractivity contribution in [2.24, 2.45) is 0 Å². The van der Waals surface area contributed by atoms with E-state index in [4.69, 9.17) is 9.47 Å². The lowest BCUT2D eigenvalue weighted by molar-refractivity contribution is -0.0990. The second-order valence-electron chi connectivity index (χ2n) is 4.83. The molecule has 1 atom stereocenters. The molecule has 0 fully saturated rings. The van der Waals surface area contributed by atoms with Crippen molar-refractivity contribution in [2.75, 3.05) is 13.2 Å². The van der Waals surface area contributed by atoms with E-state index in [-0.39, 0.29) is 0 Å². The summed E-state index contributed by atoms with van der Waals surface area (Å²) in [7, 11) is 0. The summed E-state index contributed by atoms with van der Waals surface area (Å²) in [6.45, 7) is 8.98. The molecule has 1 unspecified atom stereocenters. The van der Waals surface area contributed by atoms with Crippen molar-refractivity contribution in [3.05, 3.63) is 29.8 Å². The Hall–Kier alpha value is -1.06. The molecule has 0 heterocycles. The molecule has 0 aliphatic carbocycles. The van der Waals surface area contributed by atoms with E-state index in [1.165, 1.54) is 0 Å². The fraction of sp³-hybridized carbons (Fsp3) is 0.600. The van der Waals surface area contributed by atoms with E-state index in [0.29, 0.717) is 13.2 Å². The Labute approximate surface area is 110 Å². The zero-order chi connectivity index (χ0) is 13.6. The summed E-state index contributed by atoms with van der Waals surface area (Å²) in [5.74, 6) is 0.736. The van der Waals surface area contributed by atoms with Crippen LogP contribution in [0.15, 0.2) is 24.3 Å². The van der Waals surface area contributed by atoms with E-state index in [9.17, 15) is 5.11 Å². The van der Waals surface area contributed by atoms with Gasteiger partial charge in [0, 0.05) is 12.2 Å². The predicted octanol–water partition coefficient (Wildman–Crippen LogP) is 3.32. The highest BCUT2D eigenvalue weighted by Gasteiger charge is 2.31. The van der Waals surface area contributed by atoms with Crippen LogP contribution in [0.4, 0.5) is 0 Å². The van der Waals surface area contributed by atoms with Crippen LogP contribution in [0.25, 0.3) is 0 Å². The number of rotatable bonds is 7. The molecule has 0 radical (unpaired) electrons. The van der Waals surface area contributed by atoms with Crippen LogP contribution < -0.4 is 4.74 Å². The van der Waals surface area contributed by atoms with Gasteiger partial charge < -0.3 is 14.6 Å². The fourth-order valence-corrected chi connectivity index (χ4v) is 1.88. The maximum absolute atomic E-state index is 10.5. The second kappa shape index (κ2) is 6.76. The van der Waals surface area contributed by atoms with E-state index in [1.807, 2.05) is 45.0 Å². The Morgan fingerprint density at radius 2 is 1.89 bits per heavy atom. The molecule has 0 aromatic heterocycles. The molecule has 0 saturated carbocycles. The average Bonchev–Trinajstić information content (AvgIpc) is 2.35. The minimum Gasteiger partial charge on any atom is -0.493 e. The highest BCUT2D eigenvalue weighted by molar-refractivity contribution is 5.36. The Bertz CT molecular complexity index is 361. The Balaban J connectivity index is 2.93. The van der Waals surface area contributed by atoms with E-state index in [2.05, 4.69) is 6.92 Å². The smallest absolute Gasteiger partial charge is 0.125 e. The van der Waals surface area contributed by atoms with Crippen LogP contribution in [0.2, 0.25) is 0 Å². The molecular weight excluding hydrogens is 228 g/mol. The third-order valence-corrected chi connectivity index (χ3v) is 2.85. The minimum atomic E-state index is -0.703. The molecule has 0 saturated heterocycles. The largest absolute Gasteiger partial charge is 0.493 e. The van der Waals surface area contributed by atoms with Gasteiger partial charge in [0.2, 0.25) is 0 Å². The SMILES string of the molecule is CCCOc1ccccc1C(O)C(C)(C)OCC. The quantitative estimate of drug-likeness (QED) is 0.809. The lowest BCUT2D eigenvalue weighted by Gasteiger charge is -2.31. The monoisotopic (exact) mass is 252 g/mol. The van der Waals surface area contributed by atoms with Crippen molar-refractivity contribution < 1.29 is 14.6 Å². The van der Waals surface area contributed by atoms with Crippen LogP contribution in [-0.4, -0.2) is 23.9 Å². The molecular formula is C15H24O3. The van der Waals surface area contributed by atoms with Gasteiger partial charge in [0.1, 0.15) is 11.9 Å². The Morgan fingerprint density at radius 1 is 1.22 bits per heavy atom. The van der Waals surface area contributed by atoms with Gasteiger partial charge in [0.15, 0.2) is 0 Å². The number of hydrogen-bond donors (Lipinski definition) is 1. The van der Waals surface area contributed by atoms with E-state index in [0.717, 1.165) is 17.7 Å². The van der Waals surface area contributed by atoms with Gasteiger partial charge in [-0.15, -0.1) is 0 Å². The van der Waals surface area contributed by atoms with Gasteiger partial charge in [0.25, 0.3) is 0 Å². The van der Waals surface area contributed by atoms with Crippen LogP contribution >= 0.6 is 0 Å². The maximum Gasteiger partial charge on any atom is 0.125 e. The molecule has 102 valence electrons. The van der Waals surface area contributed by atoms with Crippen molar-refractivity contribution in [3.63, 3.8) is 0 Å². The van der Waals surface area contributed by atoms with E-state index >= 15 is 0 Å². The van der Waals surface area contributed by atoms with Gasteiger partial charge in [-0.1, -0.05) is 25.1 Å². The molecule has 3 nitrogen and oxygen atoms in total. The van der Waals surface area contributed by atoms with Crippen molar-refractivity contribution in [1.82, 2.24) is 0 Å². The molecule has 0 aliphatic rings. The molecule has 1 aromatic carbocycles. The lowest BCUT2D eigenvalue weighted by Crippen LogP contribution is -2.33. The van der Waals surface area contributed by atoms with Gasteiger partial charge >= 0.3 is 0 Å². The number of hydrogen-bond acceptors (Lipinski definition) is 3. The van der Waals surface area contributed by atoms with Crippen LogP contribution in [0.5, 0.6) is 5.75 Å². The van der Waals surface area contributed by atoms with E-state index in [1.54, 1.807) is 0 Å². The first-order chi connectivity index (χ1) is 8.53. The zero-order valence-corrected chi connectivity index (χ0v) is 11.8. The summed E-state index contributed by atoms with van der Waals surface area (Å²) in [4.78, 5) is 0. The molecule has 3 heteroatoms. The Kier molecular flexibility index (Phi) is 5.63. The molecule has 1 rings (SSSR count). The van der Waals surface area contributed by atoms with Crippen LogP contribution in [0, 0.1) is 0 Å². The summed E-state index contributed by atoms with van der Waals surface area (Å²) >= 11 is 0. The standard InChI is InChI=1S/C15H24O3/c1-5-11-17-13-10-8-7-9-12(13)14(16)15(3,4)18-6-2/h7-10,14,16H,5-6,11H2,1-4H3. The number of aliphatic hydroxyl groups is 1. The summed E-state index contributed by atoms with van der Waals surface area (Å²) in [5, 5.41) is 10.5. The highest BCUT2D eigenvalue weighted by atomic mass is 16.5. The lowest BCUT2D eigenvalue weighted by atomic mass is 9.94. The van der Waals surface area contributed by atoms with Crippen molar-refractivity contribution >= 4 is 0 Å². The van der Waals surface area contributed by atoms with Crippen molar-refractivity contribution in [3.8, 4) is 5.75 Å². The van der Waals surface area contributed by atoms with Gasteiger partial charge in [-0.05, 0) is 33.3 Å². The summed E-state index contributed by atoms with van der Waals surface area (Å²) < 4.78 is 11.3. The molecule has 1 aromatic rings. The molecule has 0 amide bonds. The predicted molar refractivity (Wildman–Crippen MR) is 72.9 cm³/mol. The zero-order valence-electron chi connectivity index (χ0n) is 11.8. The molecule has 18 heavy (non-hydrogen) atoms. The van der Waals surface area contributed by atoms with Crippen molar-refractivity contribution in [1.29, 1.82) is 0 Å². The van der Waals surface area contributed by atoms with Gasteiger partial charge in [0.05, 0.1) is 12.2 Å². The van der Waals surface area contributed by atoms with Gasteiger partial charge in [-0.3, -0.25) is 0 Å².